The molecule has 0 radical (unpaired) electrons. The number of nitrogens with zero attached hydrogens (tertiary/aromatic N) is 2. The molecule has 3 rings (SSSR count). The first kappa shape index (κ1) is 13.6. The second-order valence-corrected chi connectivity index (χ2v) is 4.92. The second kappa shape index (κ2) is 5.95. The van der Waals surface area contributed by atoms with E-state index in [1.807, 2.05) is 60.7 Å². The maximum Gasteiger partial charge on any atom is 0.0991 e. The molecule has 0 saturated heterocycles. The van der Waals surface area contributed by atoms with E-state index in [1.165, 1.54) is 0 Å². The lowest BCUT2D eigenvalue weighted by molar-refractivity contribution is 1.48. The minimum atomic E-state index is 0.652. The number of hydrogen-bond donors (Lipinski definition) is 0. The van der Waals surface area contributed by atoms with Crippen LogP contribution in [0.5, 0.6) is 0 Å². The summed E-state index contributed by atoms with van der Waals surface area (Å²) in [5.74, 6) is 0. The van der Waals surface area contributed by atoms with Gasteiger partial charge in [-0.25, -0.2) is 0 Å². The Bertz CT molecular complexity index is 800. The van der Waals surface area contributed by atoms with E-state index in [4.69, 9.17) is 10.5 Å². The predicted octanol–water partition coefficient (Wildman–Crippen LogP) is 4.76. The highest BCUT2D eigenvalue weighted by Gasteiger charge is 2.07. The van der Waals surface area contributed by atoms with Crippen LogP contribution >= 0.6 is 0 Å². The molecule has 0 unspecified atom stereocenters. The molecule has 22 heavy (non-hydrogen) atoms. The Hall–Kier alpha value is -3.36. The molecule has 2 nitrogen and oxygen atoms in total. The quantitative estimate of drug-likeness (QED) is 0.679. The molecule has 0 aliphatic carbocycles. The Morgan fingerprint density at radius 1 is 0.500 bits per heavy atom. The van der Waals surface area contributed by atoms with Crippen molar-refractivity contribution >= 4 is 0 Å². The maximum absolute atomic E-state index is 8.90. The Labute approximate surface area is 129 Å². The van der Waals surface area contributed by atoms with Crippen LogP contribution in [0.15, 0.2) is 72.8 Å². The molecular weight excluding hydrogens is 268 g/mol. The summed E-state index contributed by atoms with van der Waals surface area (Å²) >= 11 is 0. The highest BCUT2D eigenvalue weighted by molar-refractivity contribution is 5.83. The first-order chi connectivity index (χ1) is 10.8. The first-order valence-electron chi connectivity index (χ1n) is 6.92. The highest BCUT2D eigenvalue weighted by Crippen LogP contribution is 2.32. The van der Waals surface area contributed by atoms with Crippen molar-refractivity contribution in [3.63, 3.8) is 0 Å². The van der Waals surface area contributed by atoms with Gasteiger partial charge in [0, 0.05) is 0 Å². The standard InChI is InChI=1S/C20H12N2/c21-13-15-5-9-17(10-6-15)19-3-1-2-4-20(19)18-11-7-16(14-22)8-12-18/h1-12H. The van der Waals surface area contributed by atoms with E-state index in [2.05, 4.69) is 24.3 Å². The normalized spacial score (nSPS) is 9.73. The Morgan fingerprint density at radius 3 is 1.18 bits per heavy atom. The number of rotatable bonds is 2. The fraction of sp³-hybridized carbons (Fsp3) is 0. The van der Waals surface area contributed by atoms with E-state index >= 15 is 0 Å². The minimum Gasteiger partial charge on any atom is -0.192 e. The number of benzene rings is 3. The molecule has 0 spiro atoms. The van der Waals surface area contributed by atoms with Crippen molar-refractivity contribution in [1.82, 2.24) is 0 Å². The van der Waals surface area contributed by atoms with Gasteiger partial charge in [0.05, 0.1) is 23.3 Å². The lowest BCUT2D eigenvalue weighted by Crippen LogP contribution is -1.86. The predicted molar refractivity (Wildman–Crippen MR) is 86.7 cm³/mol. The third kappa shape index (κ3) is 2.59. The van der Waals surface area contributed by atoms with Crippen LogP contribution in [0.4, 0.5) is 0 Å². The molecule has 3 aromatic rings. The van der Waals surface area contributed by atoms with E-state index < -0.39 is 0 Å². The molecule has 0 aliphatic heterocycles. The van der Waals surface area contributed by atoms with Gasteiger partial charge in [0.1, 0.15) is 0 Å². The van der Waals surface area contributed by atoms with Crippen molar-refractivity contribution in [3.8, 4) is 34.4 Å². The van der Waals surface area contributed by atoms with Gasteiger partial charge in [-0.2, -0.15) is 10.5 Å². The molecule has 0 atom stereocenters. The largest absolute Gasteiger partial charge is 0.192 e. The number of hydrogen-bond acceptors (Lipinski definition) is 2. The molecule has 2 heteroatoms. The average Bonchev–Trinajstić information content (AvgIpc) is 2.62. The van der Waals surface area contributed by atoms with Crippen LogP contribution in [0.3, 0.4) is 0 Å². The molecule has 0 N–H and O–H groups in total. The zero-order valence-corrected chi connectivity index (χ0v) is 11.8. The maximum atomic E-state index is 8.90. The summed E-state index contributed by atoms with van der Waals surface area (Å²) in [5, 5.41) is 17.8. The van der Waals surface area contributed by atoms with Gasteiger partial charge in [0.25, 0.3) is 0 Å². The van der Waals surface area contributed by atoms with Gasteiger partial charge in [0.15, 0.2) is 0 Å². The Morgan fingerprint density at radius 2 is 0.864 bits per heavy atom. The molecular formula is C20H12N2. The van der Waals surface area contributed by atoms with Crippen molar-refractivity contribution in [2.75, 3.05) is 0 Å². The molecule has 0 fully saturated rings. The van der Waals surface area contributed by atoms with E-state index in [1.54, 1.807) is 0 Å². The van der Waals surface area contributed by atoms with Crippen LogP contribution < -0.4 is 0 Å². The summed E-state index contributed by atoms with van der Waals surface area (Å²) in [6.07, 6.45) is 0. The molecule has 0 bridgehead atoms. The van der Waals surface area contributed by atoms with E-state index in [9.17, 15) is 0 Å². The average molecular weight is 280 g/mol. The smallest absolute Gasteiger partial charge is 0.0991 e. The van der Waals surface area contributed by atoms with Crippen molar-refractivity contribution in [2.24, 2.45) is 0 Å². The van der Waals surface area contributed by atoms with Crippen LogP contribution in [0.1, 0.15) is 11.1 Å². The molecule has 0 aliphatic rings. The highest BCUT2D eigenvalue weighted by atomic mass is 14.2. The van der Waals surface area contributed by atoms with Crippen LogP contribution in [0, 0.1) is 22.7 Å². The fourth-order valence-corrected chi connectivity index (χ4v) is 2.44. The van der Waals surface area contributed by atoms with E-state index in [0.29, 0.717) is 11.1 Å². The lowest BCUT2D eigenvalue weighted by atomic mass is 9.94. The molecule has 0 amide bonds. The fourth-order valence-electron chi connectivity index (χ4n) is 2.44. The van der Waals surface area contributed by atoms with Crippen molar-refractivity contribution < 1.29 is 0 Å². The molecule has 3 aromatic carbocycles. The summed E-state index contributed by atoms with van der Waals surface area (Å²) in [6, 6.07) is 27.5. The van der Waals surface area contributed by atoms with Crippen molar-refractivity contribution in [1.29, 1.82) is 10.5 Å². The van der Waals surface area contributed by atoms with Gasteiger partial charge in [-0.05, 0) is 46.5 Å². The lowest BCUT2D eigenvalue weighted by Gasteiger charge is -2.10. The SMILES string of the molecule is N#Cc1ccc(-c2ccccc2-c2ccc(C#N)cc2)cc1. The van der Waals surface area contributed by atoms with Gasteiger partial charge >= 0.3 is 0 Å². The first-order valence-corrected chi connectivity index (χ1v) is 6.92. The van der Waals surface area contributed by atoms with Crippen molar-refractivity contribution in [3.05, 3.63) is 83.9 Å². The van der Waals surface area contributed by atoms with Gasteiger partial charge in [-0.3, -0.25) is 0 Å². The summed E-state index contributed by atoms with van der Waals surface area (Å²) in [4.78, 5) is 0. The third-order valence-electron chi connectivity index (χ3n) is 3.58. The van der Waals surface area contributed by atoms with Crippen LogP contribution in [-0.4, -0.2) is 0 Å². The Balaban J connectivity index is 2.09. The molecule has 0 aromatic heterocycles. The van der Waals surface area contributed by atoms with Crippen molar-refractivity contribution in [2.45, 2.75) is 0 Å². The topological polar surface area (TPSA) is 47.6 Å². The van der Waals surface area contributed by atoms with Crippen LogP contribution in [-0.2, 0) is 0 Å². The van der Waals surface area contributed by atoms with E-state index in [-0.39, 0.29) is 0 Å². The molecule has 102 valence electrons. The summed E-state index contributed by atoms with van der Waals surface area (Å²) in [6.45, 7) is 0. The molecule has 0 saturated carbocycles. The van der Waals surface area contributed by atoms with E-state index in [0.717, 1.165) is 22.3 Å². The second-order valence-electron chi connectivity index (χ2n) is 4.92. The third-order valence-corrected chi connectivity index (χ3v) is 3.58. The summed E-state index contributed by atoms with van der Waals surface area (Å²) in [5.41, 5.74) is 5.66. The summed E-state index contributed by atoms with van der Waals surface area (Å²) < 4.78 is 0. The van der Waals surface area contributed by atoms with Gasteiger partial charge in [0.2, 0.25) is 0 Å². The van der Waals surface area contributed by atoms with Gasteiger partial charge in [-0.15, -0.1) is 0 Å². The zero-order valence-electron chi connectivity index (χ0n) is 11.8. The van der Waals surface area contributed by atoms with Gasteiger partial charge in [-0.1, -0.05) is 48.5 Å². The minimum absolute atomic E-state index is 0.652. The monoisotopic (exact) mass is 280 g/mol. The van der Waals surface area contributed by atoms with Crippen LogP contribution in [0.25, 0.3) is 22.3 Å². The molecule has 0 heterocycles. The Kier molecular flexibility index (Phi) is 3.69. The number of nitriles is 2. The summed E-state index contributed by atoms with van der Waals surface area (Å²) in [7, 11) is 0. The zero-order chi connectivity index (χ0) is 15.4. The van der Waals surface area contributed by atoms with Crippen LogP contribution in [0.2, 0.25) is 0 Å². The van der Waals surface area contributed by atoms with Gasteiger partial charge < -0.3 is 0 Å².